The number of urea groups is 1. The van der Waals surface area contributed by atoms with E-state index in [-0.39, 0.29) is 18.5 Å². The number of carbonyl (C=O) groups excluding carboxylic acids is 2. The molecule has 0 radical (unpaired) electrons. The molecular weight excluding hydrogens is 416 g/mol. The molecule has 1 aliphatic rings. The Morgan fingerprint density at radius 1 is 0.724 bits per heavy atom. The molecule has 1 fully saturated rings. The minimum Gasteiger partial charge on any atom is -0.377 e. The van der Waals surface area contributed by atoms with Crippen molar-refractivity contribution in [2.75, 3.05) is 55.7 Å². The maximum Gasteiger partial charge on any atom is 0.500 e. The fourth-order valence-corrected chi connectivity index (χ4v) is 6.92. The zero-order valence-corrected chi connectivity index (χ0v) is 20.9. The maximum atomic E-state index is 12.9. The van der Waals surface area contributed by atoms with Crippen molar-refractivity contribution < 1.29 is 36.1 Å². The zero-order valence-electron chi connectivity index (χ0n) is 18.9. The summed E-state index contributed by atoms with van der Waals surface area (Å²) in [6.07, 6.45) is 1.14. The molecule has 0 aromatic rings. The zero-order chi connectivity index (χ0) is 22.3. The molecule has 0 spiro atoms. The topological polar surface area (TPSA) is 96.0 Å². The Balaban J connectivity index is 2.74. The molecule has 12 heteroatoms. The van der Waals surface area contributed by atoms with Crippen LogP contribution in [0.2, 0.25) is 12.1 Å². The number of carbonyl (C=O) groups is 2. The summed E-state index contributed by atoms with van der Waals surface area (Å²) in [4.78, 5) is 28.7. The van der Waals surface area contributed by atoms with E-state index >= 15 is 0 Å². The Morgan fingerprint density at radius 2 is 1.10 bits per heavy atom. The van der Waals surface area contributed by atoms with Gasteiger partial charge in [-0.2, -0.15) is 0 Å². The average molecular weight is 453 g/mol. The third-order valence-corrected chi connectivity index (χ3v) is 11.2. The number of hydrogen-bond acceptors (Lipinski definition) is 8. The highest BCUT2D eigenvalue weighted by Crippen LogP contribution is 2.29. The predicted molar refractivity (Wildman–Crippen MR) is 110 cm³/mol. The van der Waals surface area contributed by atoms with Crippen LogP contribution < -0.4 is 0 Å². The lowest BCUT2D eigenvalue weighted by Gasteiger charge is -2.29. The molecule has 1 heterocycles. The molecule has 0 atom stereocenters. The van der Waals surface area contributed by atoms with Gasteiger partial charge in [0.2, 0.25) is 0 Å². The van der Waals surface area contributed by atoms with Crippen molar-refractivity contribution in [2.45, 2.75) is 44.3 Å². The van der Waals surface area contributed by atoms with Crippen LogP contribution in [-0.4, -0.2) is 101 Å². The van der Waals surface area contributed by atoms with Gasteiger partial charge in [0, 0.05) is 67.8 Å². The Morgan fingerprint density at radius 3 is 1.48 bits per heavy atom. The van der Waals surface area contributed by atoms with Gasteiger partial charge in [-0.25, -0.2) is 4.79 Å². The molecule has 3 amide bonds. The molecule has 0 bridgehead atoms. The summed E-state index contributed by atoms with van der Waals surface area (Å²) in [6, 6.07) is 0.769. The second-order valence-electron chi connectivity index (χ2n) is 7.25. The third-order valence-electron chi connectivity index (χ3n) is 5.50. The van der Waals surface area contributed by atoms with Gasteiger partial charge >= 0.3 is 23.6 Å². The van der Waals surface area contributed by atoms with Gasteiger partial charge in [-0.05, 0) is 26.7 Å². The summed E-state index contributed by atoms with van der Waals surface area (Å²) in [5.74, 6) is -0.212. The molecule has 0 saturated carbocycles. The van der Waals surface area contributed by atoms with Crippen molar-refractivity contribution in [3.63, 3.8) is 0 Å². The van der Waals surface area contributed by atoms with Gasteiger partial charge in [0.1, 0.15) is 5.54 Å². The largest absolute Gasteiger partial charge is 0.500 e. The van der Waals surface area contributed by atoms with Crippen LogP contribution in [0.15, 0.2) is 0 Å². The first-order valence-electron chi connectivity index (χ1n) is 9.57. The highest BCUT2D eigenvalue weighted by molar-refractivity contribution is 6.60. The fourth-order valence-electron chi connectivity index (χ4n) is 3.51. The van der Waals surface area contributed by atoms with Gasteiger partial charge in [0.25, 0.3) is 5.91 Å². The van der Waals surface area contributed by atoms with Crippen molar-refractivity contribution in [3.05, 3.63) is 0 Å². The highest BCUT2D eigenvalue weighted by Gasteiger charge is 2.51. The molecule has 1 saturated heterocycles. The summed E-state index contributed by atoms with van der Waals surface area (Å²) >= 11 is 0. The number of imide groups is 1. The molecule has 10 nitrogen and oxygen atoms in total. The van der Waals surface area contributed by atoms with E-state index in [0.29, 0.717) is 31.5 Å². The van der Waals surface area contributed by atoms with Crippen LogP contribution in [0.4, 0.5) is 4.79 Å². The average Bonchev–Trinajstić information content (AvgIpc) is 2.89. The lowest BCUT2D eigenvalue weighted by atomic mass is 10.0. The molecular formula is C17H36N2O8Si2. The Kier molecular flexibility index (Phi) is 9.88. The van der Waals surface area contributed by atoms with Crippen LogP contribution in [0, 0.1) is 0 Å². The van der Waals surface area contributed by atoms with Gasteiger partial charge in [0.05, 0.1) is 0 Å². The van der Waals surface area contributed by atoms with Crippen LogP contribution in [0.3, 0.4) is 0 Å². The lowest BCUT2D eigenvalue weighted by Crippen LogP contribution is -2.46. The van der Waals surface area contributed by atoms with Crippen LogP contribution >= 0.6 is 0 Å². The van der Waals surface area contributed by atoms with Crippen molar-refractivity contribution in [2.24, 2.45) is 0 Å². The summed E-state index contributed by atoms with van der Waals surface area (Å²) in [7, 11) is 3.83. The second kappa shape index (κ2) is 11.0. The summed E-state index contributed by atoms with van der Waals surface area (Å²) in [6.45, 7) is 4.22. The quantitative estimate of drug-likeness (QED) is 0.289. The second-order valence-corrected chi connectivity index (χ2v) is 13.4. The smallest absolute Gasteiger partial charge is 0.377 e. The van der Waals surface area contributed by atoms with E-state index < -0.39 is 23.1 Å². The molecule has 29 heavy (non-hydrogen) atoms. The van der Waals surface area contributed by atoms with E-state index in [9.17, 15) is 9.59 Å². The summed E-state index contributed by atoms with van der Waals surface area (Å²) in [5.41, 5.74) is -0.910. The molecule has 0 unspecified atom stereocenters. The van der Waals surface area contributed by atoms with Crippen LogP contribution in [0.25, 0.3) is 0 Å². The fraction of sp³-hybridized carbons (Fsp3) is 0.882. The Hall–Kier alpha value is -0.866. The van der Waals surface area contributed by atoms with Crippen molar-refractivity contribution in [1.82, 2.24) is 9.80 Å². The molecule has 1 rings (SSSR count). The maximum absolute atomic E-state index is 12.9. The minimum absolute atomic E-state index is 0.212. The van der Waals surface area contributed by atoms with Crippen molar-refractivity contribution in [1.29, 1.82) is 0 Å². The lowest BCUT2D eigenvalue weighted by molar-refractivity contribution is -0.131. The summed E-state index contributed by atoms with van der Waals surface area (Å²) in [5, 5.41) is 0. The van der Waals surface area contributed by atoms with E-state index in [0.717, 1.165) is 0 Å². The van der Waals surface area contributed by atoms with E-state index in [2.05, 4.69) is 0 Å². The van der Waals surface area contributed by atoms with E-state index in [1.54, 1.807) is 61.4 Å². The van der Waals surface area contributed by atoms with Gasteiger partial charge in [-0.3, -0.25) is 9.69 Å². The van der Waals surface area contributed by atoms with Gasteiger partial charge in [-0.15, -0.1) is 0 Å². The van der Waals surface area contributed by atoms with E-state index in [4.69, 9.17) is 26.6 Å². The Bertz CT molecular complexity index is 539. The number of nitrogens with zero attached hydrogens (tertiary/aromatic N) is 2. The van der Waals surface area contributed by atoms with Gasteiger partial charge < -0.3 is 31.5 Å². The predicted octanol–water partition coefficient (Wildman–Crippen LogP) is 1.57. The molecule has 0 N–H and O–H groups in total. The SMILES string of the molecule is CO[Si](CCCN1C(=O)N(CCC[Si](OC)(OC)OC)C(C)(C)C1=O)(OC)OC. The van der Waals surface area contributed by atoms with Crippen molar-refractivity contribution >= 4 is 29.5 Å². The van der Waals surface area contributed by atoms with Gasteiger partial charge in [-0.1, -0.05) is 0 Å². The third kappa shape index (κ3) is 5.64. The molecule has 0 aromatic heterocycles. The monoisotopic (exact) mass is 452 g/mol. The minimum atomic E-state index is -2.74. The van der Waals surface area contributed by atoms with Crippen LogP contribution in [0.5, 0.6) is 0 Å². The number of hydrogen-bond donors (Lipinski definition) is 0. The standard InChI is InChI=1S/C17H36N2O8Si2/c1-17(2)15(20)18(11-9-13-28(22-3,23-4)24-5)16(21)19(17)12-10-14-29(25-6,26-7)27-8/h9-14H2,1-8H3. The molecule has 170 valence electrons. The first-order valence-corrected chi connectivity index (χ1v) is 13.4. The summed E-state index contributed by atoms with van der Waals surface area (Å²) < 4.78 is 32.5. The molecule has 1 aliphatic heterocycles. The first-order chi connectivity index (χ1) is 13.6. The molecule has 0 aromatic carbocycles. The highest BCUT2D eigenvalue weighted by atomic mass is 28.4. The van der Waals surface area contributed by atoms with Crippen LogP contribution in [0.1, 0.15) is 26.7 Å². The van der Waals surface area contributed by atoms with Crippen molar-refractivity contribution in [3.8, 4) is 0 Å². The number of rotatable bonds is 14. The van der Waals surface area contributed by atoms with Gasteiger partial charge in [0.15, 0.2) is 0 Å². The normalized spacial score (nSPS) is 17.5. The van der Waals surface area contributed by atoms with E-state index in [1.165, 1.54) is 4.90 Å². The van der Waals surface area contributed by atoms with Crippen LogP contribution in [-0.2, 0) is 31.4 Å². The number of amides is 3. The Labute approximate surface area is 176 Å². The first kappa shape index (κ1) is 26.2. The molecule has 0 aliphatic carbocycles. The van der Waals surface area contributed by atoms with E-state index in [1.807, 2.05) is 0 Å².